The third-order valence-corrected chi connectivity index (χ3v) is 14.9. The van der Waals surface area contributed by atoms with Crippen LogP contribution in [0.15, 0.2) is 85.1 Å². The SMILES string of the molecule is CC/C=C\C/C=C\C/C=C\C/C=C\CCCCCCC(=O)OCC(COC(=O)CCCCCCCCCCCCCCCCCCCCCCCCC)OC(=O)CCCCCCCC/C=C\C/C=C\C/C=C\CCCCCCC. The first-order valence-electron chi connectivity index (χ1n) is 34.1. The Hall–Kier alpha value is -3.41. The average Bonchev–Trinajstić information content (AvgIpc) is 3.45. The molecule has 1 unspecified atom stereocenters. The average molecular weight is 1100 g/mol. The first kappa shape index (κ1) is 75.6. The number of carbonyl (C=O) groups excluding carboxylic acids is 3. The third-order valence-electron chi connectivity index (χ3n) is 14.9. The smallest absolute Gasteiger partial charge is 0.306 e. The lowest BCUT2D eigenvalue weighted by Gasteiger charge is -2.18. The lowest BCUT2D eigenvalue weighted by Crippen LogP contribution is -2.30. The Balaban J connectivity index is 4.39. The molecule has 6 heteroatoms. The van der Waals surface area contributed by atoms with Crippen molar-refractivity contribution in [1.82, 2.24) is 0 Å². The Kier molecular flexibility index (Phi) is 64.2. The zero-order valence-corrected chi connectivity index (χ0v) is 52.4. The van der Waals surface area contributed by atoms with Gasteiger partial charge in [-0.2, -0.15) is 0 Å². The van der Waals surface area contributed by atoms with Crippen LogP contribution in [-0.4, -0.2) is 37.2 Å². The summed E-state index contributed by atoms with van der Waals surface area (Å²) in [5, 5.41) is 0. The Labute approximate surface area is 490 Å². The summed E-state index contributed by atoms with van der Waals surface area (Å²) in [6, 6.07) is 0. The molecule has 0 aliphatic rings. The van der Waals surface area contributed by atoms with Crippen LogP contribution in [0, 0.1) is 0 Å². The van der Waals surface area contributed by atoms with Crippen molar-refractivity contribution in [2.24, 2.45) is 0 Å². The van der Waals surface area contributed by atoms with Crippen molar-refractivity contribution in [3.63, 3.8) is 0 Å². The number of rotatable bonds is 62. The minimum atomic E-state index is -0.795. The first-order valence-corrected chi connectivity index (χ1v) is 34.1. The van der Waals surface area contributed by atoms with E-state index in [2.05, 4.69) is 106 Å². The minimum Gasteiger partial charge on any atom is -0.462 e. The van der Waals surface area contributed by atoms with Crippen molar-refractivity contribution < 1.29 is 28.6 Å². The second kappa shape index (κ2) is 67.1. The van der Waals surface area contributed by atoms with Crippen LogP contribution in [0.25, 0.3) is 0 Å². The van der Waals surface area contributed by atoms with E-state index in [-0.39, 0.29) is 31.1 Å². The largest absolute Gasteiger partial charge is 0.462 e. The molecule has 0 spiro atoms. The molecule has 0 fully saturated rings. The second-order valence-electron chi connectivity index (χ2n) is 22.7. The fourth-order valence-electron chi connectivity index (χ4n) is 9.80. The van der Waals surface area contributed by atoms with Gasteiger partial charge in [-0.15, -0.1) is 0 Å². The van der Waals surface area contributed by atoms with E-state index in [4.69, 9.17) is 14.2 Å². The Morgan fingerprint density at radius 3 is 0.772 bits per heavy atom. The minimum absolute atomic E-state index is 0.0874. The van der Waals surface area contributed by atoms with Crippen LogP contribution in [-0.2, 0) is 28.6 Å². The van der Waals surface area contributed by atoms with Crippen molar-refractivity contribution in [3.05, 3.63) is 85.1 Å². The van der Waals surface area contributed by atoms with Gasteiger partial charge in [0.15, 0.2) is 6.10 Å². The summed E-state index contributed by atoms with van der Waals surface area (Å²) < 4.78 is 17.0. The molecule has 0 radical (unpaired) electrons. The number of unbranched alkanes of at least 4 members (excludes halogenated alkanes) is 37. The molecule has 0 aliphatic carbocycles. The normalized spacial score (nSPS) is 12.6. The van der Waals surface area contributed by atoms with Crippen molar-refractivity contribution >= 4 is 17.9 Å². The standard InChI is InChI=1S/C73H128O6/c1-4-7-10-13-16-19-22-25-28-31-33-35-36-38-39-42-45-48-51-54-57-60-63-66-72(75)78-69-70(68-77-71(74)65-62-59-56-53-50-47-44-41-30-27-24-21-18-15-12-9-6-3)79-73(76)67-64-61-58-55-52-49-46-43-40-37-34-32-29-26-23-20-17-14-11-8-5-2/h9,12,18,21,23,26-27,30,32,34,40,43-44,47,70H,4-8,10-11,13-17,19-20,22,24-25,28-29,31,33,35-39,41-42,45-46,48-69H2,1-3H3/b12-9-,21-18-,26-23-,30-27-,34-32-,43-40-,47-44-. The molecule has 1 atom stereocenters. The highest BCUT2D eigenvalue weighted by Gasteiger charge is 2.19. The van der Waals surface area contributed by atoms with Crippen molar-refractivity contribution in [2.45, 2.75) is 348 Å². The maximum Gasteiger partial charge on any atom is 0.306 e. The van der Waals surface area contributed by atoms with Gasteiger partial charge in [0.25, 0.3) is 0 Å². The second-order valence-corrected chi connectivity index (χ2v) is 22.7. The quantitative estimate of drug-likeness (QED) is 0.0261. The number of hydrogen-bond acceptors (Lipinski definition) is 6. The summed E-state index contributed by atoms with van der Waals surface area (Å²) >= 11 is 0. The van der Waals surface area contributed by atoms with Gasteiger partial charge >= 0.3 is 17.9 Å². The summed E-state index contributed by atoms with van der Waals surface area (Å²) in [6.45, 7) is 6.53. The van der Waals surface area contributed by atoms with Crippen molar-refractivity contribution in [1.29, 1.82) is 0 Å². The molecular formula is C73H128O6. The van der Waals surface area contributed by atoms with Crippen LogP contribution in [0.5, 0.6) is 0 Å². The number of allylic oxidation sites excluding steroid dienone is 14. The molecule has 0 amide bonds. The Morgan fingerprint density at radius 2 is 0.494 bits per heavy atom. The topological polar surface area (TPSA) is 78.9 Å². The van der Waals surface area contributed by atoms with E-state index >= 15 is 0 Å². The summed E-state index contributed by atoms with van der Waals surface area (Å²) in [7, 11) is 0. The maximum absolute atomic E-state index is 12.9. The van der Waals surface area contributed by atoms with E-state index < -0.39 is 6.10 Å². The molecule has 456 valence electrons. The zero-order chi connectivity index (χ0) is 57.1. The van der Waals surface area contributed by atoms with Crippen molar-refractivity contribution in [2.75, 3.05) is 13.2 Å². The highest BCUT2D eigenvalue weighted by Crippen LogP contribution is 2.17. The van der Waals surface area contributed by atoms with Gasteiger partial charge < -0.3 is 14.2 Å². The highest BCUT2D eigenvalue weighted by atomic mass is 16.6. The van der Waals surface area contributed by atoms with Gasteiger partial charge in [-0.25, -0.2) is 0 Å². The lowest BCUT2D eigenvalue weighted by molar-refractivity contribution is -0.167. The maximum atomic E-state index is 12.9. The van der Waals surface area contributed by atoms with E-state index in [1.54, 1.807) is 0 Å². The fourth-order valence-corrected chi connectivity index (χ4v) is 9.80. The van der Waals surface area contributed by atoms with Crippen LogP contribution in [0.4, 0.5) is 0 Å². The monoisotopic (exact) mass is 1100 g/mol. The number of esters is 3. The van der Waals surface area contributed by atoms with Gasteiger partial charge in [0, 0.05) is 19.3 Å². The predicted molar refractivity (Wildman–Crippen MR) is 344 cm³/mol. The summed E-state index contributed by atoms with van der Waals surface area (Å²) in [5.41, 5.74) is 0. The zero-order valence-electron chi connectivity index (χ0n) is 52.4. The predicted octanol–water partition coefficient (Wildman–Crippen LogP) is 23.4. The van der Waals surface area contributed by atoms with E-state index in [1.807, 2.05) is 0 Å². The van der Waals surface area contributed by atoms with Crippen molar-refractivity contribution in [3.8, 4) is 0 Å². The molecular weight excluding hydrogens is 973 g/mol. The molecule has 0 rings (SSSR count). The Morgan fingerprint density at radius 1 is 0.266 bits per heavy atom. The van der Waals surface area contributed by atoms with Gasteiger partial charge in [0.1, 0.15) is 13.2 Å². The molecule has 0 aromatic rings. The molecule has 0 aromatic carbocycles. The molecule has 0 saturated carbocycles. The lowest BCUT2D eigenvalue weighted by atomic mass is 10.0. The number of ether oxygens (including phenoxy) is 3. The van der Waals surface area contributed by atoms with Crippen LogP contribution >= 0.6 is 0 Å². The molecule has 0 saturated heterocycles. The molecule has 79 heavy (non-hydrogen) atoms. The molecule has 0 aliphatic heterocycles. The molecule has 0 bridgehead atoms. The number of hydrogen-bond donors (Lipinski definition) is 0. The van der Waals surface area contributed by atoms with E-state index in [1.165, 1.54) is 180 Å². The fraction of sp³-hybridized carbons (Fsp3) is 0.767. The van der Waals surface area contributed by atoms with Gasteiger partial charge in [0.2, 0.25) is 0 Å². The summed E-state index contributed by atoms with van der Waals surface area (Å²) in [4.78, 5) is 38.4. The van der Waals surface area contributed by atoms with Crippen LogP contribution in [0.1, 0.15) is 342 Å². The van der Waals surface area contributed by atoms with E-state index in [9.17, 15) is 14.4 Å². The molecule has 0 aromatic heterocycles. The first-order chi connectivity index (χ1) is 39.0. The Bertz CT molecular complexity index is 1500. The molecule has 6 nitrogen and oxygen atoms in total. The highest BCUT2D eigenvalue weighted by molar-refractivity contribution is 5.71. The van der Waals surface area contributed by atoms with Gasteiger partial charge in [-0.3, -0.25) is 14.4 Å². The van der Waals surface area contributed by atoms with E-state index in [0.717, 1.165) is 122 Å². The van der Waals surface area contributed by atoms with Gasteiger partial charge in [0.05, 0.1) is 0 Å². The molecule has 0 N–H and O–H groups in total. The van der Waals surface area contributed by atoms with Crippen LogP contribution in [0.3, 0.4) is 0 Å². The van der Waals surface area contributed by atoms with Gasteiger partial charge in [-0.05, 0) is 96.3 Å². The van der Waals surface area contributed by atoms with Crippen LogP contribution < -0.4 is 0 Å². The van der Waals surface area contributed by atoms with Crippen LogP contribution in [0.2, 0.25) is 0 Å². The molecule has 0 heterocycles. The summed E-state index contributed by atoms with van der Waals surface area (Å²) in [6.07, 6.45) is 88.8. The summed E-state index contributed by atoms with van der Waals surface area (Å²) in [5.74, 6) is -0.908. The van der Waals surface area contributed by atoms with E-state index in [0.29, 0.717) is 19.3 Å². The number of carbonyl (C=O) groups is 3. The van der Waals surface area contributed by atoms with Gasteiger partial charge in [-0.1, -0.05) is 311 Å². The third kappa shape index (κ3) is 65.3.